The van der Waals surface area contributed by atoms with E-state index in [0.717, 1.165) is 54.2 Å². The highest BCUT2D eigenvalue weighted by molar-refractivity contribution is 7.14. The summed E-state index contributed by atoms with van der Waals surface area (Å²) in [5.74, 6) is 3.87. The Labute approximate surface area is 167 Å². The molecule has 0 atom stereocenters. The SMILES string of the molecule is O=C(NC12CC3CC(CC(C3)C1)C2)c1csc(Nc2ccc3c(c2)OCO3)n1. The highest BCUT2D eigenvalue weighted by Gasteiger charge is 2.51. The van der Waals surface area contributed by atoms with E-state index in [-0.39, 0.29) is 18.2 Å². The highest BCUT2D eigenvalue weighted by Crippen LogP contribution is 2.55. The quantitative estimate of drug-likeness (QED) is 0.804. The third kappa shape index (κ3) is 2.83. The van der Waals surface area contributed by atoms with E-state index < -0.39 is 0 Å². The minimum atomic E-state index is -0.0306. The molecule has 0 unspecified atom stereocenters. The average molecular weight is 398 g/mol. The maximum Gasteiger partial charge on any atom is 0.271 e. The van der Waals surface area contributed by atoms with Crippen LogP contribution in [-0.4, -0.2) is 23.2 Å². The number of carbonyl (C=O) groups is 1. The smallest absolute Gasteiger partial charge is 0.271 e. The molecular formula is C21H23N3O3S. The van der Waals surface area contributed by atoms with Gasteiger partial charge in [0.05, 0.1) is 0 Å². The molecule has 5 aliphatic rings. The van der Waals surface area contributed by atoms with E-state index in [1.807, 2.05) is 23.6 Å². The van der Waals surface area contributed by atoms with Gasteiger partial charge in [-0.15, -0.1) is 11.3 Å². The van der Waals surface area contributed by atoms with Crippen molar-refractivity contribution in [2.45, 2.75) is 44.1 Å². The second-order valence-electron chi connectivity index (χ2n) is 8.88. The van der Waals surface area contributed by atoms with Crippen molar-refractivity contribution in [2.24, 2.45) is 17.8 Å². The fourth-order valence-corrected chi connectivity index (χ4v) is 6.81. The topological polar surface area (TPSA) is 72.5 Å². The lowest BCUT2D eigenvalue weighted by molar-refractivity contribution is -0.0167. The van der Waals surface area contributed by atoms with Crippen LogP contribution >= 0.6 is 11.3 Å². The lowest BCUT2D eigenvalue weighted by Gasteiger charge is -2.56. The molecule has 4 bridgehead atoms. The van der Waals surface area contributed by atoms with Crippen LogP contribution in [0.2, 0.25) is 0 Å². The van der Waals surface area contributed by atoms with Gasteiger partial charge in [0.1, 0.15) is 5.69 Å². The first-order valence-corrected chi connectivity index (χ1v) is 11.0. The Kier molecular flexibility index (Phi) is 3.63. The Morgan fingerprint density at radius 3 is 2.54 bits per heavy atom. The lowest BCUT2D eigenvalue weighted by atomic mass is 9.53. The molecule has 28 heavy (non-hydrogen) atoms. The number of fused-ring (bicyclic) bond motifs is 1. The summed E-state index contributed by atoms with van der Waals surface area (Å²) in [6.45, 7) is 0.255. The maximum atomic E-state index is 12.9. The molecule has 4 saturated carbocycles. The summed E-state index contributed by atoms with van der Waals surface area (Å²) in [5.41, 5.74) is 1.39. The van der Waals surface area contributed by atoms with Crippen molar-refractivity contribution in [1.29, 1.82) is 0 Å². The van der Waals surface area contributed by atoms with Crippen molar-refractivity contribution in [3.05, 3.63) is 29.3 Å². The molecule has 2 N–H and O–H groups in total. The minimum absolute atomic E-state index is 0.0143. The van der Waals surface area contributed by atoms with Gasteiger partial charge >= 0.3 is 0 Å². The monoisotopic (exact) mass is 397 g/mol. The van der Waals surface area contributed by atoms with E-state index in [9.17, 15) is 4.79 Å². The van der Waals surface area contributed by atoms with E-state index in [0.29, 0.717) is 10.8 Å². The molecule has 6 nitrogen and oxygen atoms in total. The summed E-state index contributed by atoms with van der Waals surface area (Å²) in [4.78, 5) is 17.4. The molecule has 1 aromatic carbocycles. The number of ether oxygens (including phenoxy) is 2. The van der Waals surface area contributed by atoms with E-state index in [1.54, 1.807) is 0 Å². The first kappa shape index (κ1) is 16.7. The molecule has 4 aliphatic carbocycles. The molecule has 2 heterocycles. The van der Waals surface area contributed by atoms with E-state index >= 15 is 0 Å². The number of hydrogen-bond donors (Lipinski definition) is 2. The number of nitrogens with one attached hydrogen (secondary N) is 2. The van der Waals surface area contributed by atoms with E-state index in [4.69, 9.17) is 9.47 Å². The van der Waals surface area contributed by atoms with E-state index in [2.05, 4.69) is 15.6 Å². The third-order valence-corrected chi connectivity index (χ3v) is 7.54. The Hall–Kier alpha value is -2.28. The van der Waals surface area contributed by atoms with Gasteiger partial charge in [0.2, 0.25) is 6.79 Å². The fraction of sp³-hybridized carbons (Fsp3) is 0.524. The number of hydrogen-bond acceptors (Lipinski definition) is 6. The van der Waals surface area contributed by atoms with Crippen LogP contribution in [0.4, 0.5) is 10.8 Å². The standard InChI is InChI=1S/C21H23N3O3S/c25-19(24-21-7-12-3-13(8-21)5-14(4-12)9-21)16-10-28-20(23-16)22-15-1-2-17-18(6-15)27-11-26-17/h1-2,6,10,12-14H,3-5,7-9,11H2,(H,22,23)(H,24,25). The van der Waals surface area contributed by atoms with Gasteiger partial charge in [0.25, 0.3) is 5.91 Å². The molecule has 0 spiro atoms. The number of anilines is 2. The normalized spacial score (nSPS) is 31.8. The van der Waals surface area contributed by atoms with Crippen molar-refractivity contribution in [2.75, 3.05) is 12.1 Å². The second-order valence-corrected chi connectivity index (χ2v) is 9.74. The zero-order valence-electron chi connectivity index (χ0n) is 15.6. The van der Waals surface area contributed by atoms with Gasteiger partial charge in [-0.25, -0.2) is 4.98 Å². The van der Waals surface area contributed by atoms with Crippen LogP contribution in [0.25, 0.3) is 0 Å². The summed E-state index contributed by atoms with van der Waals surface area (Å²) < 4.78 is 10.7. The summed E-state index contributed by atoms with van der Waals surface area (Å²) in [5, 5.41) is 9.19. The predicted octanol–water partition coefficient (Wildman–Crippen LogP) is 4.31. The molecule has 2 aromatic rings. The Bertz CT molecular complexity index is 905. The molecule has 7 rings (SSSR count). The van der Waals surface area contributed by atoms with Crippen LogP contribution in [-0.2, 0) is 0 Å². The molecule has 1 aromatic heterocycles. The summed E-state index contributed by atoms with van der Waals surface area (Å²) in [6.07, 6.45) is 7.56. The third-order valence-electron chi connectivity index (χ3n) is 6.78. The number of rotatable bonds is 4. The molecule has 146 valence electrons. The molecule has 0 radical (unpaired) electrons. The Balaban J connectivity index is 1.16. The predicted molar refractivity (Wildman–Crippen MR) is 106 cm³/mol. The van der Waals surface area contributed by atoms with Crippen LogP contribution in [0, 0.1) is 17.8 Å². The van der Waals surface area contributed by atoms with Gasteiger partial charge in [-0.1, -0.05) is 0 Å². The average Bonchev–Trinajstić information content (AvgIpc) is 3.29. The number of aromatic nitrogens is 1. The van der Waals surface area contributed by atoms with E-state index in [1.165, 1.54) is 30.6 Å². The van der Waals surface area contributed by atoms with Gasteiger partial charge in [0, 0.05) is 22.7 Å². The number of amides is 1. The number of thiazole rings is 1. The van der Waals surface area contributed by atoms with Gasteiger partial charge in [-0.2, -0.15) is 0 Å². The molecule has 1 aliphatic heterocycles. The summed E-state index contributed by atoms with van der Waals surface area (Å²) >= 11 is 1.44. The molecular weight excluding hydrogens is 374 g/mol. The summed E-state index contributed by atoms with van der Waals surface area (Å²) in [7, 11) is 0. The van der Waals surface area contributed by atoms with Crippen LogP contribution in [0.3, 0.4) is 0 Å². The Morgan fingerprint density at radius 2 is 1.79 bits per heavy atom. The van der Waals surface area contributed by atoms with Gasteiger partial charge in [-0.05, 0) is 68.4 Å². The van der Waals surface area contributed by atoms with Crippen LogP contribution in [0.1, 0.15) is 49.0 Å². The first-order valence-electron chi connectivity index (χ1n) is 10.1. The first-order chi connectivity index (χ1) is 13.6. The number of nitrogens with zero attached hydrogens (tertiary/aromatic N) is 1. The fourth-order valence-electron chi connectivity index (χ4n) is 6.10. The summed E-state index contributed by atoms with van der Waals surface area (Å²) in [6, 6.07) is 5.68. The van der Waals surface area contributed by atoms with Crippen LogP contribution < -0.4 is 20.1 Å². The number of benzene rings is 1. The zero-order chi connectivity index (χ0) is 18.7. The zero-order valence-corrected chi connectivity index (χ0v) is 16.4. The molecule has 1 amide bonds. The minimum Gasteiger partial charge on any atom is -0.454 e. The van der Waals surface area contributed by atoms with Gasteiger partial charge in [0.15, 0.2) is 16.6 Å². The van der Waals surface area contributed by atoms with Crippen molar-refractivity contribution in [3.63, 3.8) is 0 Å². The maximum absolute atomic E-state index is 12.9. The molecule has 4 fully saturated rings. The van der Waals surface area contributed by atoms with Crippen molar-refractivity contribution in [1.82, 2.24) is 10.3 Å². The van der Waals surface area contributed by atoms with Crippen LogP contribution in [0.15, 0.2) is 23.6 Å². The van der Waals surface area contributed by atoms with Crippen molar-refractivity contribution in [3.8, 4) is 11.5 Å². The van der Waals surface area contributed by atoms with Crippen molar-refractivity contribution >= 4 is 28.1 Å². The number of carbonyl (C=O) groups excluding carboxylic acids is 1. The van der Waals surface area contributed by atoms with Crippen molar-refractivity contribution < 1.29 is 14.3 Å². The molecule has 0 saturated heterocycles. The largest absolute Gasteiger partial charge is 0.454 e. The molecule has 7 heteroatoms. The lowest BCUT2D eigenvalue weighted by Crippen LogP contribution is -2.59. The Morgan fingerprint density at radius 1 is 1.07 bits per heavy atom. The van der Waals surface area contributed by atoms with Gasteiger partial charge < -0.3 is 20.1 Å². The van der Waals surface area contributed by atoms with Crippen LogP contribution in [0.5, 0.6) is 11.5 Å². The highest BCUT2D eigenvalue weighted by atomic mass is 32.1. The second kappa shape index (κ2) is 6.11. The van der Waals surface area contributed by atoms with Gasteiger partial charge in [-0.3, -0.25) is 4.79 Å².